The Kier molecular flexibility index (Phi) is 5.91. The number of rotatable bonds is 5. The third-order valence-electron chi connectivity index (χ3n) is 5.27. The van der Waals surface area contributed by atoms with E-state index >= 15 is 0 Å². The number of fused-ring (bicyclic) bond motifs is 1. The molecule has 1 aliphatic rings. The number of benzene rings is 1. The summed E-state index contributed by atoms with van der Waals surface area (Å²) in [5.74, 6) is -0.380. The van der Waals surface area contributed by atoms with Gasteiger partial charge in [-0.3, -0.25) is 23.7 Å². The van der Waals surface area contributed by atoms with Gasteiger partial charge in [-0.05, 0) is 18.1 Å². The van der Waals surface area contributed by atoms with Gasteiger partial charge in [0.15, 0.2) is 4.96 Å². The molecule has 8 nitrogen and oxygen atoms in total. The second-order valence-electron chi connectivity index (χ2n) is 7.16. The predicted molar refractivity (Wildman–Crippen MR) is 116 cm³/mol. The Labute approximate surface area is 177 Å². The summed E-state index contributed by atoms with van der Waals surface area (Å²) in [6.45, 7) is 4.39. The lowest BCUT2D eigenvalue weighted by atomic mass is 10.1. The van der Waals surface area contributed by atoms with Gasteiger partial charge >= 0.3 is 0 Å². The van der Waals surface area contributed by atoms with E-state index in [2.05, 4.69) is 17.2 Å². The van der Waals surface area contributed by atoms with E-state index in [1.807, 2.05) is 29.2 Å². The van der Waals surface area contributed by atoms with Crippen molar-refractivity contribution in [1.29, 1.82) is 0 Å². The van der Waals surface area contributed by atoms with Gasteiger partial charge in [0.1, 0.15) is 5.56 Å². The third kappa shape index (κ3) is 4.12. The number of aromatic nitrogens is 2. The van der Waals surface area contributed by atoms with Gasteiger partial charge < -0.3 is 10.2 Å². The molecule has 0 bridgehead atoms. The number of carbonyl (C=O) groups is 2. The molecule has 0 unspecified atom stereocenters. The zero-order valence-corrected chi connectivity index (χ0v) is 17.5. The fraction of sp³-hybridized carbons (Fsp3) is 0.333. The first-order valence-electron chi connectivity index (χ1n) is 9.91. The number of carbonyl (C=O) groups excluding carboxylic acids is 2. The van der Waals surface area contributed by atoms with E-state index in [0.717, 1.165) is 17.7 Å². The molecule has 4 rings (SSSR count). The summed E-state index contributed by atoms with van der Waals surface area (Å²) in [4.78, 5) is 46.2. The number of aryl methyl sites for hydroxylation is 1. The Hall–Kier alpha value is -3.04. The van der Waals surface area contributed by atoms with Crippen molar-refractivity contribution in [1.82, 2.24) is 19.2 Å². The molecule has 3 heterocycles. The van der Waals surface area contributed by atoms with Crippen molar-refractivity contribution in [2.24, 2.45) is 0 Å². The topological polar surface area (TPSA) is 87.0 Å². The minimum atomic E-state index is -0.345. The monoisotopic (exact) mass is 425 g/mol. The van der Waals surface area contributed by atoms with E-state index in [4.69, 9.17) is 0 Å². The highest BCUT2D eigenvalue weighted by Gasteiger charge is 2.25. The molecule has 30 heavy (non-hydrogen) atoms. The lowest BCUT2D eigenvalue weighted by molar-refractivity contribution is -0.117. The number of para-hydroxylation sites is 1. The van der Waals surface area contributed by atoms with Gasteiger partial charge in [-0.25, -0.2) is 4.98 Å². The molecule has 0 radical (unpaired) electrons. The summed E-state index contributed by atoms with van der Waals surface area (Å²) in [5.41, 5.74) is 1.68. The van der Waals surface area contributed by atoms with Crippen molar-refractivity contribution in [2.45, 2.75) is 13.3 Å². The van der Waals surface area contributed by atoms with E-state index in [1.165, 1.54) is 21.9 Å². The Morgan fingerprint density at radius 1 is 1.17 bits per heavy atom. The minimum absolute atomic E-state index is 0.0685. The lowest BCUT2D eigenvalue weighted by Gasteiger charge is -2.34. The molecule has 156 valence electrons. The molecular formula is C21H23N5O3S. The second-order valence-corrected chi connectivity index (χ2v) is 8.03. The molecule has 3 aromatic rings. The van der Waals surface area contributed by atoms with Crippen molar-refractivity contribution in [3.05, 3.63) is 63.5 Å². The summed E-state index contributed by atoms with van der Waals surface area (Å²) in [7, 11) is 0. The largest absolute Gasteiger partial charge is 0.336 e. The molecule has 1 saturated heterocycles. The van der Waals surface area contributed by atoms with Crippen LogP contribution in [0.2, 0.25) is 0 Å². The van der Waals surface area contributed by atoms with E-state index in [9.17, 15) is 14.4 Å². The SMILES string of the molecule is CCc1ccccc1NC(=O)CN1CCN(C(=O)c2cnc3sccn3c2=O)CC1. The summed E-state index contributed by atoms with van der Waals surface area (Å²) >= 11 is 1.35. The summed E-state index contributed by atoms with van der Waals surface area (Å²) in [6.07, 6.45) is 3.84. The first kappa shape index (κ1) is 20.2. The van der Waals surface area contributed by atoms with Crippen molar-refractivity contribution < 1.29 is 9.59 Å². The maximum Gasteiger partial charge on any atom is 0.271 e. The fourth-order valence-electron chi connectivity index (χ4n) is 3.59. The molecule has 0 spiro atoms. The summed E-state index contributed by atoms with van der Waals surface area (Å²) in [5, 5.41) is 4.74. The zero-order valence-electron chi connectivity index (χ0n) is 16.7. The van der Waals surface area contributed by atoms with Crippen LogP contribution in [0.4, 0.5) is 5.69 Å². The number of hydrogen-bond acceptors (Lipinski definition) is 6. The van der Waals surface area contributed by atoms with Crippen molar-refractivity contribution in [3.8, 4) is 0 Å². The molecule has 0 aliphatic carbocycles. The highest BCUT2D eigenvalue weighted by molar-refractivity contribution is 7.15. The van der Waals surface area contributed by atoms with Gasteiger partial charge in [-0.15, -0.1) is 11.3 Å². The smallest absolute Gasteiger partial charge is 0.271 e. The number of anilines is 1. The minimum Gasteiger partial charge on any atom is -0.336 e. The fourth-order valence-corrected chi connectivity index (χ4v) is 4.27. The molecule has 0 saturated carbocycles. The quantitative estimate of drug-likeness (QED) is 0.673. The molecule has 0 atom stereocenters. The first-order valence-corrected chi connectivity index (χ1v) is 10.8. The van der Waals surface area contributed by atoms with Crippen LogP contribution in [0, 0.1) is 0 Å². The zero-order chi connectivity index (χ0) is 21.1. The summed E-state index contributed by atoms with van der Waals surface area (Å²) in [6, 6.07) is 7.78. The van der Waals surface area contributed by atoms with Crippen LogP contribution >= 0.6 is 11.3 Å². The van der Waals surface area contributed by atoms with Crippen molar-refractivity contribution in [2.75, 3.05) is 38.0 Å². The van der Waals surface area contributed by atoms with Gasteiger partial charge in [-0.1, -0.05) is 25.1 Å². The molecule has 2 aromatic heterocycles. The van der Waals surface area contributed by atoms with Crippen LogP contribution < -0.4 is 10.9 Å². The van der Waals surface area contributed by atoms with E-state index in [1.54, 1.807) is 16.5 Å². The van der Waals surface area contributed by atoms with Crippen molar-refractivity contribution in [3.63, 3.8) is 0 Å². The Morgan fingerprint density at radius 3 is 2.70 bits per heavy atom. The van der Waals surface area contributed by atoms with Crippen LogP contribution in [-0.4, -0.2) is 63.7 Å². The van der Waals surface area contributed by atoms with Crippen molar-refractivity contribution >= 4 is 33.8 Å². The third-order valence-corrected chi connectivity index (χ3v) is 6.04. The highest BCUT2D eigenvalue weighted by Crippen LogP contribution is 2.15. The molecule has 9 heteroatoms. The average Bonchev–Trinajstić information content (AvgIpc) is 3.24. The highest BCUT2D eigenvalue weighted by atomic mass is 32.1. The Balaban J connectivity index is 1.34. The molecular weight excluding hydrogens is 402 g/mol. The van der Waals surface area contributed by atoms with Crippen LogP contribution in [0.5, 0.6) is 0 Å². The van der Waals surface area contributed by atoms with Gasteiger partial charge in [0.2, 0.25) is 5.91 Å². The molecule has 1 N–H and O–H groups in total. The van der Waals surface area contributed by atoms with Crippen LogP contribution in [0.1, 0.15) is 22.8 Å². The average molecular weight is 426 g/mol. The predicted octanol–water partition coefficient (Wildman–Crippen LogP) is 1.71. The van der Waals surface area contributed by atoms with Gasteiger partial charge in [0.05, 0.1) is 6.54 Å². The maximum absolute atomic E-state index is 12.8. The molecule has 1 aromatic carbocycles. The van der Waals surface area contributed by atoms with Crippen LogP contribution in [0.15, 0.2) is 46.8 Å². The van der Waals surface area contributed by atoms with E-state index in [-0.39, 0.29) is 29.5 Å². The van der Waals surface area contributed by atoms with Crippen LogP contribution in [-0.2, 0) is 11.2 Å². The van der Waals surface area contributed by atoms with E-state index in [0.29, 0.717) is 31.1 Å². The first-order chi connectivity index (χ1) is 14.6. The van der Waals surface area contributed by atoms with Gasteiger partial charge in [-0.2, -0.15) is 0 Å². The number of amides is 2. The molecule has 2 amide bonds. The number of thiazole rings is 1. The second kappa shape index (κ2) is 8.76. The number of nitrogens with zero attached hydrogens (tertiary/aromatic N) is 4. The number of piperazine rings is 1. The number of nitrogens with one attached hydrogen (secondary N) is 1. The van der Waals surface area contributed by atoms with Crippen LogP contribution in [0.25, 0.3) is 4.96 Å². The maximum atomic E-state index is 12.8. The lowest BCUT2D eigenvalue weighted by Crippen LogP contribution is -2.51. The Morgan fingerprint density at radius 2 is 1.93 bits per heavy atom. The van der Waals surface area contributed by atoms with Crippen LogP contribution in [0.3, 0.4) is 0 Å². The number of hydrogen-bond donors (Lipinski definition) is 1. The standard InChI is InChI=1S/C21H23N5O3S/c1-2-15-5-3-4-6-17(15)23-18(27)14-24-7-9-25(10-8-24)19(28)16-13-22-21-26(20(16)29)11-12-30-21/h3-6,11-13H,2,7-10,14H2,1H3,(H,23,27). The normalized spacial score (nSPS) is 14.8. The molecule has 1 aliphatic heterocycles. The summed E-state index contributed by atoms with van der Waals surface area (Å²) < 4.78 is 1.40. The van der Waals surface area contributed by atoms with E-state index < -0.39 is 0 Å². The van der Waals surface area contributed by atoms with Gasteiger partial charge in [0.25, 0.3) is 11.5 Å². The molecule has 1 fully saturated rings. The van der Waals surface area contributed by atoms with Gasteiger partial charge in [0, 0.05) is 49.6 Å². The Bertz CT molecular complexity index is 1130.